The van der Waals surface area contributed by atoms with Gasteiger partial charge in [-0.25, -0.2) is 9.18 Å². The molecule has 0 spiro atoms. The zero-order chi connectivity index (χ0) is 22.2. The van der Waals surface area contributed by atoms with Crippen molar-refractivity contribution in [3.8, 4) is 0 Å². The number of pyridine rings is 1. The smallest absolute Gasteiger partial charge is 0.341 e. The minimum atomic E-state index is -1.38. The number of hydrogen-bond donors (Lipinski definition) is 1. The maximum atomic E-state index is 15.1. The summed E-state index contributed by atoms with van der Waals surface area (Å²) in [5.41, 5.74) is -0.963. The molecule has 1 atom stereocenters. The van der Waals surface area contributed by atoms with Gasteiger partial charge in [-0.15, -0.1) is 0 Å². The first-order valence-corrected chi connectivity index (χ1v) is 9.57. The van der Waals surface area contributed by atoms with Gasteiger partial charge in [0.2, 0.25) is 11.3 Å². The lowest BCUT2D eigenvalue weighted by Gasteiger charge is -2.29. The van der Waals surface area contributed by atoms with Crippen LogP contribution >= 0.6 is 0 Å². The average molecular weight is 418 g/mol. The van der Waals surface area contributed by atoms with Gasteiger partial charge in [-0.05, 0) is 38.8 Å². The minimum absolute atomic E-state index is 0.00211. The SMILES string of the molecule is COCC(C)N(C(=O)CC(C)=O)c1cc2c(cc1F)c(=O)c(C(=O)O)cn2C1CC1. The van der Waals surface area contributed by atoms with Gasteiger partial charge in [0.05, 0.1) is 30.3 Å². The van der Waals surface area contributed by atoms with E-state index in [4.69, 9.17) is 4.74 Å². The van der Waals surface area contributed by atoms with E-state index in [0.29, 0.717) is 5.52 Å². The number of anilines is 1. The molecule has 8 nitrogen and oxygen atoms in total. The van der Waals surface area contributed by atoms with Crippen molar-refractivity contribution in [3.63, 3.8) is 0 Å². The molecule has 1 aliphatic rings. The summed E-state index contributed by atoms with van der Waals surface area (Å²) in [5.74, 6) is -3.19. The molecular weight excluding hydrogens is 395 g/mol. The summed E-state index contributed by atoms with van der Waals surface area (Å²) in [5, 5.41) is 9.28. The molecule has 0 radical (unpaired) electrons. The molecule has 30 heavy (non-hydrogen) atoms. The topological polar surface area (TPSA) is 106 Å². The number of nitrogens with zero attached hydrogens (tertiary/aromatic N) is 2. The first-order valence-electron chi connectivity index (χ1n) is 9.57. The Hall–Kier alpha value is -3.07. The predicted octanol–water partition coefficient (Wildman–Crippen LogP) is 2.52. The van der Waals surface area contributed by atoms with Crippen LogP contribution in [0.4, 0.5) is 10.1 Å². The lowest BCUT2D eigenvalue weighted by atomic mass is 10.1. The molecule has 1 heterocycles. The molecule has 0 saturated heterocycles. The Kier molecular flexibility index (Phi) is 6.02. The normalized spacial score (nSPS) is 14.5. The summed E-state index contributed by atoms with van der Waals surface area (Å²) in [4.78, 5) is 49.5. The van der Waals surface area contributed by atoms with Gasteiger partial charge < -0.3 is 19.3 Å². The molecule has 0 aliphatic heterocycles. The lowest BCUT2D eigenvalue weighted by molar-refractivity contribution is -0.126. The van der Waals surface area contributed by atoms with Crippen molar-refractivity contribution in [2.75, 3.05) is 18.6 Å². The molecule has 1 saturated carbocycles. The molecule has 1 aromatic heterocycles. The Morgan fingerprint density at radius 3 is 2.53 bits per heavy atom. The van der Waals surface area contributed by atoms with E-state index >= 15 is 4.39 Å². The number of ether oxygens (including phenoxy) is 1. The highest BCUT2D eigenvalue weighted by molar-refractivity contribution is 6.06. The molecule has 1 amide bonds. The number of Topliss-reactive ketones (excluding diaryl/α,β-unsaturated/α-hetero) is 1. The quantitative estimate of drug-likeness (QED) is 0.661. The van der Waals surface area contributed by atoms with Gasteiger partial charge >= 0.3 is 5.97 Å². The number of rotatable bonds is 8. The van der Waals surface area contributed by atoms with Crippen LogP contribution in [0.25, 0.3) is 10.9 Å². The fourth-order valence-corrected chi connectivity index (χ4v) is 3.58. The standard InChI is InChI=1S/C21H23FN2O6/c1-11(10-30-3)24(19(26)6-12(2)25)18-8-17-14(7-16(18)22)20(27)15(21(28)29)9-23(17)13-4-5-13/h7-9,11,13H,4-6,10H2,1-3H3,(H,28,29). The molecular formula is C21H23FN2O6. The van der Waals surface area contributed by atoms with Crippen molar-refractivity contribution >= 4 is 34.3 Å². The number of carboxylic acid groups (broad SMARTS) is 1. The van der Waals surface area contributed by atoms with Crippen molar-refractivity contribution in [2.24, 2.45) is 0 Å². The van der Waals surface area contributed by atoms with Gasteiger partial charge in [0.25, 0.3) is 0 Å². The van der Waals surface area contributed by atoms with Gasteiger partial charge in [0.15, 0.2) is 0 Å². The van der Waals surface area contributed by atoms with E-state index in [1.54, 1.807) is 11.5 Å². The summed E-state index contributed by atoms with van der Waals surface area (Å²) in [7, 11) is 1.44. The average Bonchev–Trinajstić information content (AvgIpc) is 3.47. The minimum Gasteiger partial charge on any atom is -0.477 e. The zero-order valence-electron chi connectivity index (χ0n) is 17.0. The number of fused-ring (bicyclic) bond motifs is 1. The van der Waals surface area contributed by atoms with Crippen molar-refractivity contribution in [1.82, 2.24) is 4.57 Å². The molecule has 3 rings (SSSR count). The number of carbonyl (C=O) groups is 3. The van der Waals surface area contributed by atoms with E-state index in [1.807, 2.05) is 0 Å². The second-order valence-electron chi connectivity index (χ2n) is 7.58. The van der Waals surface area contributed by atoms with Gasteiger partial charge in [0, 0.05) is 24.7 Å². The molecule has 1 fully saturated rings. The van der Waals surface area contributed by atoms with Gasteiger partial charge in [-0.3, -0.25) is 14.4 Å². The van der Waals surface area contributed by atoms with E-state index in [1.165, 1.54) is 26.3 Å². The second kappa shape index (κ2) is 8.35. The molecule has 9 heteroatoms. The monoisotopic (exact) mass is 418 g/mol. The number of aromatic carboxylic acids is 1. The number of benzene rings is 1. The zero-order valence-corrected chi connectivity index (χ0v) is 17.0. The van der Waals surface area contributed by atoms with Gasteiger partial charge in [-0.2, -0.15) is 0 Å². The summed E-state index contributed by atoms with van der Waals surface area (Å²) >= 11 is 0. The van der Waals surface area contributed by atoms with E-state index in [0.717, 1.165) is 23.8 Å². The number of halogens is 1. The fourth-order valence-electron chi connectivity index (χ4n) is 3.58. The first kappa shape index (κ1) is 21.6. The molecule has 0 bridgehead atoms. The summed E-state index contributed by atoms with van der Waals surface area (Å²) in [6, 6.07) is 1.77. The molecule has 1 N–H and O–H groups in total. The van der Waals surface area contributed by atoms with Crippen molar-refractivity contribution in [2.45, 2.75) is 45.2 Å². The third kappa shape index (κ3) is 4.11. The molecule has 2 aromatic rings. The lowest BCUT2D eigenvalue weighted by Crippen LogP contribution is -2.42. The van der Waals surface area contributed by atoms with Crippen LogP contribution in [0.15, 0.2) is 23.1 Å². The van der Waals surface area contributed by atoms with Crippen molar-refractivity contribution < 1.29 is 28.6 Å². The second-order valence-corrected chi connectivity index (χ2v) is 7.58. The number of hydrogen-bond acceptors (Lipinski definition) is 5. The van der Waals surface area contributed by atoms with Crippen LogP contribution in [0.2, 0.25) is 0 Å². The van der Waals surface area contributed by atoms with Crippen LogP contribution < -0.4 is 10.3 Å². The number of carbonyl (C=O) groups excluding carboxylic acids is 2. The summed E-state index contributed by atoms with van der Waals surface area (Å²) in [6.07, 6.45) is 2.47. The number of amides is 1. The Labute approximate surface area is 171 Å². The Bertz CT molecular complexity index is 1090. The first-order chi connectivity index (χ1) is 14.1. The van der Waals surface area contributed by atoms with Crippen molar-refractivity contribution in [1.29, 1.82) is 0 Å². The molecule has 160 valence electrons. The summed E-state index contributed by atoms with van der Waals surface area (Å²) < 4.78 is 21.9. The third-order valence-electron chi connectivity index (χ3n) is 5.05. The highest BCUT2D eigenvalue weighted by Gasteiger charge is 2.30. The largest absolute Gasteiger partial charge is 0.477 e. The number of ketones is 1. The molecule has 1 aromatic carbocycles. The highest BCUT2D eigenvalue weighted by Crippen LogP contribution is 2.38. The van der Waals surface area contributed by atoms with Gasteiger partial charge in [0.1, 0.15) is 17.2 Å². The molecule has 1 aliphatic carbocycles. The Balaban J connectivity index is 2.25. The Morgan fingerprint density at radius 1 is 1.33 bits per heavy atom. The number of carboxylic acids is 1. The summed E-state index contributed by atoms with van der Waals surface area (Å²) in [6.45, 7) is 3.03. The van der Waals surface area contributed by atoms with E-state index in [9.17, 15) is 24.3 Å². The number of methoxy groups -OCH3 is 1. The fraction of sp³-hybridized carbons (Fsp3) is 0.429. The van der Waals surface area contributed by atoms with Crippen LogP contribution in [0, 0.1) is 5.82 Å². The molecule has 1 unspecified atom stereocenters. The third-order valence-corrected chi connectivity index (χ3v) is 5.05. The maximum Gasteiger partial charge on any atom is 0.341 e. The van der Waals surface area contributed by atoms with Crippen LogP contribution in [0.5, 0.6) is 0 Å². The van der Waals surface area contributed by atoms with Crippen LogP contribution in [0.3, 0.4) is 0 Å². The van der Waals surface area contributed by atoms with Crippen molar-refractivity contribution in [3.05, 3.63) is 39.9 Å². The van der Waals surface area contributed by atoms with Crippen LogP contribution in [-0.4, -0.2) is 47.1 Å². The maximum absolute atomic E-state index is 15.1. The van der Waals surface area contributed by atoms with Crippen LogP contribution in [0.1, 0.15) is 49.5 Å². The predicted molar refractivity (Wildman–Crippen MR) is 108 cm³/mol. The van der Waals surface area contributed by atoms with E-state index in [2.05, 4.69) is 0 Å². The Morgan fingerprint density at radius 2 is 2.00 bits per heavy atom. The highest BCUT2D eigenvalue weighted by atomic mass is 19.1. The number of aromatic nitrogens is 1. The van der Waals surface area contributed by atoms with E-state index in [-0.39, 0.29) is 29.5 Å². The van der Waals surface area contributed by atoms with E-state index < -0.39 is 41.1 Å². The van der Waals surface area contributed by atoms with Gasteiger partial charge in [-0.1, -0.05) is 0 Å². The van der Waals surface area contributed by atoms with Crippen LogP contribution in [-0.2, 0) is 14.3 Å².